The molecule has 6 nitrogen and oxygen atoms in total. The van der Waals surface area contributed by atoms with Crippen molar-refractivity contribution in [2.24, 2.45) is 0 Å². The zero-order valence-electron chi connectivity index (χ0n) is 20.5. The first kappa shape index (κ1) is 27.8. The summed E-state index contributed by atoms with van der Waals surface area (Å²) in [5, 5.41) is 2.02. The molecule has 3 aromatic rings. The second-order valence-electron chi connectivity index (χ2n) is 9.08. The number of anilines is 2. The SMILES string of the molecule is Cc1ccc(S(=O)(=O)N(CC(=O)Nc2ccc(OC3CCCC3)cc2)c2ccc(Cl)c(C(F)(F)F)c2)cc1. The van der Waals surface area contributed by atoms with Crippen molar-refractivity contribution in [3.05, 3.63) is 82.9 Å². The minimum atomic E-state index is -4.82. The van der Waals surface area contributed by atoms with E-state index in [0.29, 0.717) is 21.8 Å². The molecule has 0 saturated heterocycles. The summed E-state index contributed by atoms with van der Waals surface area (Å²) in [5.74, 6) is -0.0898. The number of carbonyl (C=O) groups is 1. The summed E-state index contributed by atoms with van der Waals surface area (Å²) >= 11 is 5.74. The zero-order valence-corrected chi connectivity index (χ0v) is 22.0. The molecule has 4 rings (SSSR count). The summed E-state index contributed by atoms with van der Waals surface area (Å²) in [7, 11) is -4.41. The van der Waals surface area contributed by atoms with Crippen LogP contribution in [0.3, 0.4) is 0 Å². The van der Waals surface area contributed by atoms with E-state index in [1.54, 1.807) is 43.3 Å². The third-order valence-electron chi connectivity index (χ3n) is 6.18. The molecule has 1 aliphatic rings. The van der Waals surface area contributed by atoms with Crippen LogP contribution < -0.4 is 14.4 Å². The van der Waals surface area contributed by atoms with E-state index in [4.69, 9.17) is 16.3 Å². The van der Waals surface area contributed by atoms with Gasteiger partial charge in [0, 0.05) is 5.69 Å². The number of benzene rings is 3. The van der Waals surface area contributed by atoms with E-state index < -0.39 is 39.2 Å². The highest BCUT2D eigenvalue weighted by Gasteiger charge is 2.35. The third-order valence-corrected chi connectivity index (χ3v) is 8.30. The Balaban J connectivity index is 1.60. The van der Waals surface area contributed by atoms with E-state index >= 15 is 0 Å². The van der Waals surface area contributed by atoms with Gasteiger partial charge in [-0.2, -0.15) is 13.2 Å². The molecule has 1 saturated carbocycles. The van der Waals surface area contributed by atoms with Gasteiger partial charge in [-0.15, -0.1) is 0 Å². The molecule has 38 heavy (non-hydrogen) atoms. The molecule has 0 aromatic heterocycles. The summed E-state index contributed by atoms with van der Waals surface area (Å²) in [6.45, 7) is 0.996. The molecular weight excluding hydrogens is 541 g/mol. The van der Waals surface area contributed by atoms with Gasteiger partial charge in [-0.25, -0.2) is 8.42 Å². The molecule has 11 heteroatoms. The van der Waals surface area contributed by atoms with Gasteiger partial charge in [0.05, 0.1) is 27.3 Å². The number of sulfonamides is 1. The first-order valence-electron chi connectivity index (χ1n) is 12.0. The molecule has 0 atom stereocenters. The summed E-state index contributed by atoms with van der Waals surface area (Å²) in [6.07, 6.45) is -0.430. The van der Waals surface area contributed by atoms with Crippen molar-refractivity contribution in [2.75, 3.05) is 16.2 Å². The molecule has 0 radical (unpaired) electrons. The predicted octanol–water partition coefficient (Wildman–Crippen LogP) is 6.82. The van der Waals surface area contributed by atoms with Gasteiger partial charge in [-0.1, -0.05) is 29.3 Å². The molecule has 0 heterocycles. The summed E-state index contributed by atoms with van der Waals surface area (Å²) in [5.41, 5.74) is -0.384. The molecule has 1 amide bonds. The van der Waals surface area contributed by atoms with Gasteiger partial charge in [0.2, 0.25) is 5.91 Å². The third kappa shape index (κ3) is 6.60. The number of hydrogen-bond acceptors (Lipinski definition) is 4. The zero-order chi connectivity index (χ0) is 27.5. The van der Waals surface area contributed by atoms with Crippen LogP contribution in [-0.2, 0) is 21.0 Å². The van der Waals surface area contributed by atoms with Crippen molar-refractivity contribution >= 4 is 38.9 Å². The largest absolute Gasteiger partial charge is 0.490 e. The van der Waals surface area contributed by atoms with Gasteiger partial charge in [0.15, 0.2) is 0 Å². The monoisotopic (exact) mass is 566 g/mol. The Kier molecular flexibility index (Phi) is 8.22. The minimum absolute atomic E-state index is 0.164. The Hall–Kier alpha value is -3.24. The van der Waals surface area contributed by atoms with Crippen LogP contribution in [0, 0.1) is 6.92 Å². The van der Waals surface area contributed by atoms with Crippen molar-refractivity contribution in [3.8, 4) is 5.75 Å². The van der Waals surface area contributed by atoms with Gasteiger partial charge >= 0.3 is 6.18 Å². The van der Waals surface area contributed by atoms with E-state index in [1.165, 1.54) is 12.1 Å². The first-order valence-corrected chi connectivity index (χ1v) is 13.8. The first-order chi connectivity index (χ1) is 17.9. The number of carbonyl (C=O) groups excluding carboxylic acids is 1. The number of rotatable bonds is 8. The Bertz CT molecular complexity index is 1390. The molecule has 1 aliphatic carbocycles. The van der Waals surface area contributed by atoms with Crippen LogP contribution >= 0.6 is 11.6 Å². The lowest BCUT2D eigenvalue weighted by Crippen LogP contribution is -2.38. The molecule has 1 N–H and O–H groups in total. The van der Waals surface area contributed by atoms with Crippen LogP contribution in [0.5, 0.6) is 5.75 Å². The molecule has 0 unspecified atom stereocenters. The molecule has 0 aliphatic heterocycles. The fourth-order valence-electron chi connectivity index (χ4n) is 4.18. The lowest BCUT2D eigenvalue weighted by molar-refractivity contribution is -0.137. The number of nitrogens with zero attached hydrogens (tertiary/aromatic N) is 1. The second-order valence-corrected chi connectivity index (χ2v) is 11.4. The average molecular weight is 567 g/mol. The highest BCUT2D eigenvalue weighted by molar-refractivity contribution is 7.92. The van der Waals surface area contributed by atoms with Gasteiger partial charge in [0.25, 0.3) is 10.0 Å². The van der Waals surface area contributed by atoms with Crippen LogP contribution in [0.1, 0.15) is 36.8 Å². The van der Waals surface area contributed by atoms with Gasteiger partial charge in [-0.3, -0.25) is 9.10 Å². The van der Waals surface area contributed by atoms with E-state index in [1.807, 2.05) is 0 Å². The Morgan fingerprint density at radius 2 is 1.66 bits per heavy atom. The lowest BCUT2D eigenvalue weighted by atomic mass is 10.2. The normalized spacial score (nSPS) is 14.3. The Labute approximate surface area is 224 Å². The number of alkyl halides is 3. The maximum atomic E-state index is 13.5. The quantitative estimate of drug-likeness (QED) is 0.324. The molecule has 0 spiro atoms. The Morgan fingerprint density at radius 1 is 1.03 bits per heavy atom. The fraction of sp³-hybridized carbons (Fsp3) is 0.296. The maximum Gasteiger partial charge on any atom is 0.417 e. The summed E-state index contributed by atoms with van der Waals surface area (Å²) in [6, 6.07) is 15.1. The van der Waals surface area contributed by atoms with E-state index in [9.17, 15) is 26.4 Å². The molecule has 0 bridgehead atoms. The second kappa shape index (κ2) is 11.2. The minimum Gasteiger partial charge on any atom is -0.490 e. The number of halogens is 4. The van der Waals surface area contributed by atoms with E-state index in [2.05, 4.69) is 5.32 Å². The van der Waals surface area contributed by atoms with Crippen LogP contribution in [0.4, 0.5) is 24.5 Å². The van der Waals surface area contributed by atoms with Gasteiger partial charge < -0.3 is 10.1 Å². The number of aryl methyl sites for hydroxylation is 1. The summed E-state index contributed by atoms with van der Waals surface area (Å²) < 4.78 is 74.1. The maximum absolute atomic E-state index is 13.5. The standard InChI is InChI=1S/C27H26ClF3N2O4S/c1-18-6-13-23(14-7-18)38(35,36)33(20-10-15-25(28)24(16-20)27(29,30)31)17-26(34)32-19-8-11-22(12-9-19)37-21-4-2-3-5-21/h6-16,21H,2-5,17H2,1H3,(H,32,34). The lowest BCUT2D eigenvalue weighted by Gasteiger charge is -2.25. The van der Waals surface area contributed by atoms with E-state index in [-0.39, 0.29) is 16.7 Å². The van der Waals surface area contributed by atoms with Crippen LogP contribution in [0.25, 0.3) is 0 Å². The number of amides is 1. The Morgan fingerprint density at radius 3 is 2.26 bits per heavy atom. The van der Waals surface area contributed by atoms with Crippen molar-refractivity contribution in [2.45, 2.75) is 49.8 Å². The highest BCUT2D eigenvalue weighted by atomic mass is 35.5. The number of ether oxygens (including phenoxy) is 1. The smallest absolute Gasteiger partial charge is 0.417 e. The van der Waals surface area contributed by atoms with Gasteiger partial charge in [-0.05, 0) is 87.2 Å². The average Bonchev–Trinajstić information content (AvgIpc) is 3.37. The predicted molar refractivity (Wildman–Crippen MR) is 140 cm³/mol. The topological polar surface area (TPSA) is 75.7 Å². The van der Waals surface area contributed by atoms with Gasteiger partial charge in [0.1, 0.15) is 12.3 Å². The van der Waals surface area contributed by atoms with Crippen molar-refractivity contribution in [3.63, 3.8) is 0 Å². The number of hydrogen-bond donors (Lipinski definition) is 1. The van der Waals surface area contributed by atoms with Crippen LogP contribution in [0.15, 0.2) is 71.6 Å². The summed E-state index contributed by atoms with van der Waals surface area (Å²) in [4.78, 5) is 12.8. The highest BCUT2D eigenvalue weighted by Crippen LogP contribution is 2.38. The molecule has 1 fully saturated rings. The van der Waals surface area contributed by atoms with Crippen LogP contribution in [-0.4, -0.2) is 27.0 Å². The van der Waals surface area contributed by atoms with Crippen molar-refractivity contribution in [1.29, 1.82) is 0 Å². The molecular formula is C27H26ClF3N2O4S. The van der Waals surface area contributed by atoms with E-state index in [0.717, 1.165) is 43.4 Å². The van der Waals surface area contributed by atoms with Crippen LogP contribution in [0.2, 0.25) is 5.02 Å². The molecule has 3 aromatic carbocycles. The van der Waals surface area contributed by atoms with Crippen molar-refractivity contribution < 1.29 is 31.1 Å². The fourth-order valence-corrected chi connectivity index (χ4v) is 5.82. The molecule has 202 valence electrons. The number of nitrogens with one attached hydrogen (secondary N) is 1. The van der Waals surface area contributed by atoms with Crippen molar-refractivity contribution in [1.82, 2.24) is 0 Å².